The van der Waals surface area contributed by atoms with Crippen molar-refractivity contribution < 1.29 is 0 Å². The van der Waals surface area contributed by atoms with E-state index in [9.17, 15) is 0 Å². The van der Waals surface area contributed by atoms with Gasteiger partial charge in [-0.05, 0) is 142 Å². The number of fused-ring (bicyclic) bond motifs is 6. The molecule has 1 aliphatic carbocycles. The highest BCUT2D eigenvalue weighted by Crippen LogP contribution is 2.44. The van der Waals surface area contributed by atoms with Gasteiger partial charge in [0.05, 0.1) is 16.7 Å². The number of para-hydroxylation sites is 2. The van der Waals surface area contributed by atoms with Gasteiger partial charge in [-0.3, -0.25) is 0 Å². The number of rotatable bonds is 9. The van der Waals surface area contributed by atoms with Gasteiger partial charge in [0.1, 0.15) is 0 Å². The summed E-state index contributed by atoms with van der Waals surface area (Å²) < 4.78 is 2.49. The molecule has 0 amide bonds. The zero-order valence-electron chi connectivity index (χ0n) is 35.9. The SMILES string of the molecule is C1=CC(c2ccc(N(c3ccccc3)c3ccc4c(c3)c3cc(N(c5ccccc5)c5ccc(-c6ccccc6)cc5)ccc3n4-c3cc4ccccc4c4ccccc34)cc2)=CCC1. The lowest BCUT2D eigenvalue weighted by molar-refractivity contribution is 1.04. The van der Waals surface area contributed by atoms with Gasteiger partial charge in [0, 0.05) is 50.3 Å². The van der Waals surface area contributed by atoms with Crippen LogP contribution in [0.5, 0.6) is 0 Å². The summed E-state index contributed by atoms with van der Waals surface area (Å²) in [4.78, 5) is 4.76. The molecule has 0 bridgehead atoms. The van der Waals surface area contributed by atoms with Gasteiger partial charge in [-0.2, -0.15) is 0 Å². The highest BCUT2D eigenvalue weighted by molar-refractivity contribution is 6.16. The van der Waals surface area contributed by atoms with Gasteiger partial charge in [-0.25, -0.2) is 0 Å². The van der Waals surface area contributed by atoms with Crippen molar-refractivity contribution >= 4 is 83.0 Å². The summed E-state index contributed by atoms with van der Waals surface area (Å²) in [7, 11) is 0. The number of allylic oxidation sites excluding steroid dienone is 4. The van der Waals surface area contributed by atoms with E-state index in [1.807, 2.05) is 0 Å². The minimum absolute atomic E-state index is 1.08. The van der Waals surface area contributed by atoms with Crippen LogP contribution in [0.2, 0.25) is 0 Å². The van der Waals surface area contributed by atoms with E-state index in [-0.39, 0.29) is 0 Å². The smallest absolute Gasteiger partial charge is 0.0546 e. The second-order valence-electron chi connectivity index (χ2n) is 16.8. The van der Waals surface area contributed by atoms with Crippen LogP contribution < -0.4 is 9.80 Å². The Bertz CT molecular complexity index is 3570. The summed E-state index contributed by atoms with van der Waals surface area (Å²) in [6.07, 6.45) is 9.06. The average Bonchev–Trinajstić information content (AvgIpc) is 3.70. The number of benzene rings is 10. The molecule has 0 saturated carbocycles. The van der Waals surface area contributed by atoms with Crippen molar-refractivity contribution in [3.05, 3.63) is 254 Å². The fourth-order valence-corrected chi connectivity index (χ4v) is 9.87. The first kappa shape index (κ1) is 38.3. The van der Waals surface area contributed by atoms with E-state index in [1.165, 1.54) is 54.6 Å². The third-order valence-corrected chi connectivity index (χ3v) is 13.0. The second kappa shape index (κ2) is 16.4. The minimum atomic E-state index is 1.08. The van der Waals surface area contributed by atoms with Crippen molar-refractivity contribution in [3.8, 4) is 16.8 Å². The van der Waals surface area contributed by atoms with Crippen LogP contribution in [0.25, 0.3) is 65.7 Å². The first-order valence-corrected chi connectivity index (χ1v) is 22.6. The van der Waals surface area contributed by atoms with Gasteiger partial charge < -0.3 is 14.4 Å². The lowest BCUT2D eigenvalue weighted by Gasteiger charge is -2.26. The minimum Gasteiger partial charge on any atom is -0.310 e. The van der Waals surface area contributed by atoms with Crippen LogP contribution >= 0.6 is 0 Å². The van der Waals surface area contributed by atoms with E-state index in [0.29, 0.717) is 0 Å². The molecule has 0 spiro atoms. The first-order valence-electron chi connectivity index (χ1n) is 22.6. The van der Waals surface area contributed by atoms with E-state index in [4.69, 9.17) is 0 Å². The molecular weight excluding hydrogens is 787 g/mol. The molecule has 0 radical (unpaired) electrons. The van der Waals surface area contributed by atoms with Gasteiger partial charge in [0.2, 0.25) is 0 Å². The maximum absolute atomic E-state index is 2.49. The first-order chi connectivity index (χ1) is 32.2. The molecule has 0 aliphatic heterocycles. The third-order valence-electron chi connectivity index (χ3n) is 13.0. The molecule has 0 saturated heterocycles. The topological polar surface area (TPSA) is 11.4 Å². The Morgan fingerprint density at radius 3 is 1.35 bits per heavy atom. The molecule has 0 fully saturated rings. The van der Waals surface area contributed by atoms with E-state index >= 15 is 0 Å². The molecule has 3 heteroatoms. The monoisotopic (exact) mass is 831 g/mol. The largest absolute Gasteiger partial charge is 0.310 e. The number of hydrogen-bond donors (Lipinski definition) is 0. The molecule has 1 heterocycles. The fraction of sp³-hybridized carbons (Fsp3) is 0.0323. The normalized spacial score (nSPS) is 12.5. The molecule has 12 rings (SSSR count). The van der Waals surface area contributed by atoms with Crippen LogP contribution in [0.3, 0.4) is 0 Å². The van der Waals surface area contributed by atoms with Crippen molar-refractivity contribution in [2.24, 2.45) is 0 Å². The Labute approximate surface area is 379 Å². The van der Waals surface area contributed by atoms with Crippen LogP contribution in [-0.4, -0.2) is 4.57 Å². The average molecular weight is 832 g/mol. The lowest BCUT2D eigenvalue weighted by atomic mass is 9.99. The summed E-state index contributed by atoms with van der Waals surface area (Å²) in [5.41, 5.74) is 15.0. The highest BCUT2D eigenvalue weighted by Gasteiger charge is 2.22. The number of aromatic nitrogens is 1. The standard InChI is InChI=1S/C62H45N3/c1-5-17-44(18-6-1)46-29-33-51(34-30-46)63(49-22-9-3-10-23-49)53-37-39-60-58(42-53)59-43-54(64(50-24-11-4-12-25-50)52-35-31-47(32-36-52)45-19-7-2-8-20-45)38-40-61(59)65(60)62-41-48-21-13-14-26-55(48)56-27-15-16-28-57(56)62/h1,3-7,9-43H,2,8H2. The van der Waals surface area contributed by atoms with Gasteiger partial charge in [0.15, 0.2) is 0 Å². The van der Waals surface area contributed by atoms with Crippen LogP contribution in [-0.2, 0) is 0 Å². The number of hydrogen-bond acceptors (Lipinski definition) is 2. The summed E-state index contributed by atoms with van der Waals surface area (Å²) in [6.45, 7) is 0. The van der Waals surface area contributed by atoms with Crippen molar-refractivity contribution in [1.29, 1.82) is 0 Å². The Kier molecular flexibility index (Phi) is 9.65. The zero-order chi connectivity index (χ0) is 43.1. The van der Waals surface area contributed by atoms with E-state index in [2.05, 4.69) is 263 Å². The Morgan fingerprint density at radius 1 is 0.323 bits per heavy atom. The zero-order valence-corrected chi connectivity index (χ0v) is 35.9. The van der Waals surface area contributed by atoms with Crippen LogP contribution in [0, 0.1) is 0 Å². The Morgan fingerprint density at radius 2 is 0.785 bits per heavy atom. The predicted octanol–water partition coefficient (Wildman–Crippen LogP) is 17.4. The maximum Gasteiger partial charge on any atom is 0.0546 e. The molecule has 11 aromatic rings. The van der Waals surface area contributed by atoms with E-state index in [1.54, 1.807) is 0 Å². The van der Waals surface area contributed by atoms with Gasteiger partial charge in [0.25, 0.3) is 0 Å². The number of nitrogens with zero attached hydrogens (tertiary/aromatic N) is 3. The van der Waals surface area contributed by atoms with Crippen molar-refractivity contribution in [2.45, 2.75) is 12.8 Å². The fourth-order valence-electron chi connectivity index (χ4n) is 9.87. The summed E-state index contributed by atoms with van der Waals surface area (Å²) in [5, 5.41) is 7.30. The van der Waals surface area contributed by atoms with Crippen molar-refractivity contribution in [1.82, 2.24) is 4.57 Å². The molecule has 65 heavy (non-hydrogen) atoms. The Hall–Kier alpha value is -8.40. The summed E-state index contributed by atoms with van der Waals surface area (Å²) in [6, 6.07) is 84.1. The molecular formula is C62H45N3. The molecule has 10 aromatic carbocycles. The van der Waals surface area contributed by atoms with Crippen molar-refractivity contribution in [2.75, 3.05) is 9.80 Å². The molecule has 1 aliphatic rings. The highest BCUT2D eigenvalue weighted by atomic mass is 15.1. The lowest BCUT2D eigenvalue weighted by Crippen LogP contribution is -2.10. The third kappa shape index (κ3) is 6.95. The maximum atomic E-state index is 2.49. The van der Waals surface area contributed by atoms with E-state index < -0.39 is 0 Å². The van der Waals surface area contributed by atoms with Crippen LogP contribution in [0.15, 0.2) is 249 Å². The Balaban J connectivity index is 1.09. The van der Waals surface area contributed by atoms with Gasteiger partial charge >= 0.3 is 0 Å². The number of anilines is 6. The van der Waals surface area contributed by atoms with Crippen LogP contribution in [0.1, 0.15) is 18.4 Å². The molecule has 0 N–H and O–H groups in total. The van der Waals surface area contributed by atoms with Crippen LogP contribution in [0.4, 0.5) is 34.1 Å². The quantitative estimate of drug-likeness (QED) is 0.134. The summed E-state index contributed by atoms with van der Waals surface area (Å²) in [5.74, 6) is 0. The molecule has 0 atom stereocenters. The molecule has 3 nitrogen and oxygen atoms in total. The van der Waals surface area contributed by atoms with Gasteiger partial charge in [-0.15, -0.1) is 0 Å². The van der Waals surface area contributed by atoms with E-state index in [0.717, 1.165) is 63.7 Å². The second-order valence-corrected chi connectivity index (χ2v) is 16.8. The summed E-state index contributed by atoms with van der Waals surface area (Å²) >= 11 is 0. The van der Waals surface area contributed by atoms with Crippen molar-refractivity contribution in [3.63, 3.8) is 0 Å². The molecule has 1 aromatic heterocycles. The van der Waals surface area contributed by atoms with Gasteiger partial charge in [-0.1, -0.05) is 158 Å². The molecule has 0 unspecified atom stereocenters. The molecule has 308 valence electrons. The predicted molar refractivity (Wildman–Crippen MR) is 277 cm³/mol.